The molecule has 1 aromatic carbocycles. The zero-order valence-electron chi connectivity index (χ0n) is 15.2. The normalized spacial score (nSPS) is 13.6. The van der Waals surface area contributed by atoms with E-state index in [0.29, 0.717) is 11.9 Å². The summed E-state index contributed by atoms with van der Waals surface area (Å²) in [6.07, 6.45) is 2.64. The first-order valence-electron chi connectivity index (χ1n) is 8.53. The molecule has 0 saturated heterocycles. The Labute approximate surface area is 148 Å². The molecule has 25 heavy (non-hydrogen) atoms. The van der Waals surface area contributed by atoms with Gasteiger partial charge >= 0.3 is 0 Å². The first-order valence-corrected chi connectivity index (χ1v) is 8.53. The van der Waals surface area contributed by atoms with Crippen molar-refractivity contribution in [2.24, 2.45) is 5.92 Å². The van der Waals surface area contributed by atoms with Crippen LogP contribution in [0.4, 0.5) is 11.8 Å². The molecule has 2 aromatic rings. The highest BCUT2D eigenvalue weighted by atomic mass is 16.5. The number of aromatic nitrogens is 3. The van der Waals surface area contributed by atoms with E-state index in [1.807, 2.05) is 6.07 Å². The second kappa shape index (κ2) is 7.55. The van der Waals surface area contributed by atoms with Crippen LogP contribution in [0.3, 0.4) is 0 Å². The molecule has 1 aliphatic rings. The first kappa shape index (κ1) is 17.3. The van der Waals surface area contributed by atoms with Gasteiger partial charge in [-0.3, -0.25) is 0 Å². The van der Waals surface area contributed by atoms with E-state index >= 15 is 0 Å². The van der Waals surface area contributed by atoms with Crippen LogP contribution in [0, 0.1) is 5.92 Å². The maximum atomic E-state index is 5.43. The molecule has 0 amide bonds. The predicted molar refractivity (Wildman–Crippen MR) is 97.5 cm³/mol. The van der Waals surface area contributed by atoms with Crippen LogP contribution in [-0.2, 0) is 13.0 Å². The third-order valence-electron chi connectivity index (χ3n) is 4.26. The highest BCUT2D eigenvalue weighted by Gasteiger charge is 2.21. The van der Waals surface area contributed by atoms with Gasteiger partial charge < -0.3 is 19.7 Å². The van der Waals surface area contributed by atoms with Crippen molar-refractivity contribution in [3.63, 3.8) is 0 Å². The molecule has 0 aliphatic carbocycles. The Kier molecular flexibility index (Phi) is 5.21. The quantitative estimate of drug-likeness (QED) is 0.864. The molecule has 0 bridgehead atoms. The zero-order valence-corrected chi connectivity index (χ0v) is 15.2. The lowest BCUT2D eigenvalue weighted by molar-refractivity contribution is 0.353. The van der Waals surface area contributed by atoms with Gasteiger partial charge in [0.25, 0.3) is 0 Å². The van der Waals surface area contributed by atoms with Crippen LogP contribution in [0.1, 0.15) is 25.0 Å². The smallest absolute Gasteiger partial charge is 0.244 e. The lowest BCUT2D eigenvalue weighted by Gasteiger charge is -2.30. The van der Waals surface area contributed by atoms with Gasteiger partial charge in [-0.15, -0.1) is 5.10 Å². The number of rotatable bonds is 6. The minimum Gasteiger partial charge on any atom is -0.493 e. The molecule has 1 N–H and O–H groups in total. The zero-order chi connectivity index (χ0) is 17.8. The Morgan fingerprint density at radius 1 is 1.16 bits per heavy atom. The van der Waals surface area contributed by atoms with Gasteiger partial charge in [0.1, 0.15) is 0 Å². The molecule has 2 heterocycles. The van der Waals surface area contributed by atoms with Crippen molar-refractivity contribution >= 4 is 11.8 Å². The molecule has 0 radical (unpaired) electrons. The van der Waals surface area contributed by atoms with Crippen molar-refractivity contribution in [2.75, 3.05) is 37.5 Å². The minimum atomic E-state index is 0.525. The molecule has 7 heteroatoms. The number of nitrogens with zero attached hydrogens (tertiary/aromatic N) is 4. The monoisotopic (exact) mass is 343 g/mol. The van der Waals surface area contributed by atoms with E-state index in [-0.39, 0.29) is 0 Å². The fourth-order valence-corrected chi connectivity index (χ4v) is 2.90. The SMILES string of the molecule is COc1cc2c(cc1OC)CN(c1cnnc(NCC(C)C)n1)CC2. The van der Waals surface area contributed by atoms with Gasteiger partial charge in [-0.25, -0.2) is 0 Å². The van der Waals surface area contributed by atoms with E-state index in [1.54, 1.807) is 20.4 Å². The Balaban J connectivity index is 1.79. The number of fused-ring (bicyclic) bond motifs is 1. The van der Waals surface area contributed by atoms with Crippen LogP contribution >= 0.6 is 0 Å². The average Bonchev–Trinajstić information content (AvgIpc) is 2.65. The second-order valence-electron chi connectivity index (χ2n) is 6.56. The Bertz CT molecular complexity index is 735. The number of hydrogen-bond donors (Lipinski definition) is 1. The van der Waals surface area contributed by atoms with Crippen molar-refractivity contribution in [1.29, 1.82) is 0 Å². The molecule has 0 atom stereocenters. The van der Waals surface area contributed by atoms with Gasteiger partial charge in [0, 0.05) is 19.6 Å². The minimum absolute atomic E-state index is 0.525. The summed E-state index contributed by atoms with van der Waals surface area (Å²) in [6.45, 7) is 6.76. The van der Waals surface area contributed by atoms with Gasteiger partial charge in [-0.2, -0.15) is 10.1 Å². The van der Waals surface area contributed by atoms with E-state index in [1.165, 1.54) is 11.1 Å². The first-order chi connectivity index (χ1) is 12.1. The highest BCUT2D eigenvalue weighted by Crippen LogP contribution is 2.34. The highest BCUT2D eigenvalue weighted by molar-refractivity contribution is 5.52. The Morgan fingerprint density at radius 3 is 2.56 bits per heavy atom. The van der Waals surface area contributed by atoms with Crippen LogP contribution < -0.4 is 19.7 Å². The summed E-state index contributed by atoms with van der Waals surface area (Å²) < 4.78 is 10.8. The van der Waals surface area contributed by atoms with E-state index in [2.05, 4.69) is 45.3 Å². The summed E-state index contributed by atoms with van der Waals surface area (Å²) >= 11 is 0. The molecule has 1 aromatic heterocycles. The van der Waals surface area contributed by atoms with Crippen molar-refractivity contribution in [3.05, 3.63) is 29.5 Å². The number of nitrogens with one attached hydrogen (secondary N) is 1. The molecule has 1 aliphatic heterocycles. The average molecular weight is 343 g/mol. The summed E-state index contributed by atoms with van der Waals surface area (Å²) in [5, 5.41) is 11.4. The topological polar surface area (TPSA) is 72.4 Å². The van der Waals surface area contributed by atoms with Gasteiger partial charge in [0.15, 0.2) is 17.3 Å². The molecule has 0 unspecified atom stereocenters. The van der Waals surface area contributed by atoms with E-state index in [9.17, 15) is 0 Å². The molecule has 0 saturated carbocycles. The van der Waals surface area contributed by atoms with Crippen LogP contribution in [-0.4, -0.2) is 42.5 Å². The summed E-state index contributed by atoms with van der Waals surface area (Å²) in [4.78, 5) is 6.81. The molecule has 134 valence electrons. The maximum absolute atomic E-state index is 5.43. The lowest BCUT2D eigenvalue weighted by atomic mass is 9.99. The standard InChI is InChI=1S/C18H25N5O2/c1-12(2)9-19-18-21-17(10-20-22-18)23-6-5-13-7-15(24-3)16(25-4)8-14(13)11-23/h7-8,10,12H,5-6,9,11H2,1-4H3,(H,19,21,22). The van der Waals surface area contributed by atoms with Crippen LogP contribution in [0.5, 0.6) is 11.5 Å². The van der Waals surface area contributed by atoms with Crippen LogP contribution in [0.2, 0.25) is 0 Å². The van der Waals surface area contributed by atoms with E-state index in [0.717, 1.165) is 43.4 Å². The third kappa shape index (κ3) is 3.92. The van der Waals surface area contributed by atoms with Gasteiger partial charge in [-0.05, 0) is 35.6 Å². The van der Waals surface area contributed by atoms with Crippen molar-refractivity contribution in [2.45, 2.75) is 26.8 Å². The maximum Gasteiger partial charge on any atom is 0.244 e. The van der Waals surface area contributed by atoms with E-state index in [4.69, 9.17) is 9.47 Å². The lowest BCUT2D eigenvalue weighted by Crippen LogP contribution is -2.31. The van der Waals surface area contributed by atoms with Crippen LogP contribution in [0.15, 0.2) is 18.3 Å². The largest absolute Gasteiger partial charge is 0.493 e. The third-order valence-corrected chi connectivity index (χ3v) is 4.26. The molecule has 7 nitrogen and oxygen atoms in total. The summed E-state index contributed by atoms with van der Waals surface area (Å²) in [5.41, 5.74) is 2.51. The number of ether oxygens (including phenoxy) is 2. The second-order valence-corrected chi connectivity index (χ2v) is 6.56. The van der Waals surface area contributed by atoms with Gasteiger partial charge in [-0.1, -0.05) is 13.8 Å². The van der Waals surface area contributed by atoms with Crippen LogP contribution in [0.25, 0.3) is 0 Å². The number of hydrogen-bond acceptors (Lipinski definition) is 7. The molecule has 3 rings (SSSR count). The van der Waals surface area contributed by atoms with Gasteiger partial charge in [0.2, 0.25) is 5.95 Å². The molecular weight excluding hydrogens is 318 g/mol. The van der Waals surface area contributed by atoms with Crippen molar-refractivity contribution in [1.82, 2.24) is 15.2 Å². The Morgan fingerprint density at radius 2 is 1.88 bits per heavy atom. The molecule has 0 spiro atoms. The van der Waals surface area contributed by atoms with Crippen molar-refractivity contribution in [3.8, 4) is 11.5 Å². The number of anilines is 2. The Hall–Kier alpha value is -2.57. The number of methoxy groups -OCH3 is 2. The van der Waals surface area contributed by atoms with Crippen molar-refractivity contribution < 1.29 is 9.47 Å². The fourth-order valence-electron chi connectivity index (χ4n) is 2.90. The summed E-state index contributed by atoms with van der Waals surface area (Å²) in [5.74, 6) is 3.46. The fraction of sp³-hybridized carbons (Fsp3) is 0.500. The molecule has 0 fully saturated rings. The summed E-state index contributed by atoms with van der Waals surface area (Å²) in [7, 11) is 3.32. The molecular formula is C18H25N5O2. The van der Waals surface area contributed by atoms with Gasteiger partial charge in [0.05, 0.1) is 20.4 Å². The predicted octanol–water partition coefficient (Wildman–Crippen LogP) is 2.52. The number of benzene rings is 1. The summed E-state index contributed by atoms with van der Waals surface area (Å²) in [6, 6.07) is 4.12. The van der Waals surface area contributed by atoms with E-state index < -0.39 is 0 Å².